The number of alkyl halides is 3. The van der Waals surface area contributed by atoms with Crippen molar-refractivity contribution in [1.29, 1.82) is 0 Å². The van der Waals surface area contributed by atoms with Crippen molar-refractivity contribution in [3.8, 4) is 0 Å². The van der Waals surface area contributed by atoms with Crippen LogP contribution in [0.1, 0.15) is 43.7 Å². The van der Waals surface area contributed by atoms with Crippen molar-refractivity contribution in [3.63, 3.8) is 0 Å². The lowest BCUT2D eigenvalue weighted by atomic mass is 9.82. The van der Waals surface area contributed by atoms with Crippen molar-refractivity contribution < 1.29 is 32.2 Å². The first-order chi connectivity index (χ1) is 12.8. The highest BCUT2D eigenvalue weighted by atomic mass is 19.4. The van der Waals surface area contributed by atoms with E-state index in [4.69, 9.17) is 9.47 Å². The number of hydrogen-bond acceptors (Lipinski definition) is 4. The molecule has 1 amide bonds. The Kier molecular flexibility index (Phi) is 7.01. The van der Waals surface area contributed by atoms with E-state index in [2.05, 4.69) is 5.32 Å². The molecule has 0 aliphatic carbocycles. The van der Waals surface area contributed by atoms with Crippen LogP contribution in [-0.4, -0.2) is 31.7 Å². The summed E-state index contributed by atoms with van der Waals surface area (Å²) in [7, 11) is 0. The SMILES string of the molecule is CCCOCCOC(=O)C1=C(C)NC(=O)C[C@H]1c1ccccc1C(F)(F)F. The van der Waals surface area contributed by atoms with E-state index in [1.807, 2.05) is 6.92 Å². The Morgan fingerprint density at radius 1 is 1.22 bits per heavy atom. The van der Waals surface area contributed by atoms with Gasteiger partial charge in [-0.25, -0.2) is 4.79 Å². The van der Waals surface area contributed by atoms with E-state index in [-0.39, 0.29) is 36.5 Å². The van der Waals surface area contributed by atoms with Gasteiger partial charge in [0.1, 0.15) is 6.61 Å². The fourth-order valence-electron chi connectivity index (χ4n) is 3.01. The maximum Gasteiger partial charge on any atom is 0.416 e. The number of amides is 1. The number of ether oxygens (including phenoxy) is 2. The Balaban J connectivity index is 2.30. The quantitative estimate of drug-likeness (QED) is 0.576. The van der Waals surface area contributed by atoms with Gasteiger partial charge in [0.25, 0.3) is 0 Å². The topological polar surface area (TPSA) is 64.6 Å². The molecule has 148 valence electrons. The highest BCUT2D eigenvalue weighted by Gasteiger charge is 2.39. The number of nitrogens with one attached hydrogen (secondary N) is 1. The molecule has 0 unspecified atom stereocenters. The largest absolute Gasteiger partial charge is 0.460 e. The maximum absolute atomic E-state index is 13.4. The molecule has 1 atom stereocenters. The molecule has 0 spiro atoms. The van der Waals surface area contributed by atoms with Crippen molar-refractivity contribution in [2.24, 2.45) is 0 Å². The molecule has 27 heavy (non-hydrogen) atoms. The van der Waals surface area contributed by atoms with Crippen molar-refractivity contribution >= 4 is 11.9 Å². The molecule has 1 aromatic carbocycles. The van der Waals surface area contributed by atoms with Crippen LogP contribution in [0.2, 0.25) is 0 Å². The van der Waals surface area contributed by atoms with E-state index in [0.717, 1.165) is 12.5 Å². The molecule has 0 radical (unpaired) electrons. The fourth-order valence-corrected chi connectivity index (χ4v) is 3.01. The van der Waals surface area contributed by atoms with E-state index in [0.29, 0.717) is 6.61 Å². The van der Waals surface area contributed by atoms with E-state index < -0.39 is 29.5 Å². The van der Waals surface area contributed by atoms with Gasteiger partial charge in [-0.15, -0.1) is 0 Å². The lowest BCUT2D eigenvalue weighted by Crippen LogP contribution is -2.35. The third-order valence-corrected chi connectivity index (χ3v) is 4.14. The number of allylic oxidation sites excluding steroid dienone is 1. The highest BCUT2D eigenvalue weighted by Crippen LogP contribution is 2.41. The van der Waals surface area contributed by atoms with Crippen molar-refractivity contribution in [2.75, 3.05) is 19.8 Å². The molecule has 0 aromatic heterocycles. The molecule has 0 bridgehead atoms. The first-order valence-corrected chi connectivity index (χ1v) is 8.67. The van der Waals surface area contributed by atoms with Crippen molar-refractivity contribution in [3.05, 3.63) is 46.7 Å². The third-order valence-electron chi connectivity index (χ3n) is 4.14. The minimum atomic E-state index is -4.60. The summed E-state index contributed by atoms with van der Waals surface area (Å²) in [6.07, 6.45) is -4.04. The van der Waals surface area contributed by atoms with E-state index >= 15 is 0 Å². The number of hydrogen-bond donors (Lipinski definition) is 1. The molecule has 1 heterocycles. The average Bonchev–Trinajstić information content (AvgIpc) is 2.60. The normalized spacial score (nSPS) is 17.7. The Labute approximate surface area is 155 Å². The van der Waals surface area contributed by atoms with Crippen LogP contribution in [0.4, 0.5) is 13.2 Å². The smallest absolute Gasteiger partial charge is 0.416 e. The summed E-state index contributed by atoms with van der Waals surface area (Å²) in [5, 5.41) is 2.51. The van der Waals surface area contributed by atoms with Crippen LogP contribution in [0.15, 0.2) is 35.5 Å². The summed E-state index contributed by atoms with van der Waals surface area (Å²) < 4.78 is 50.6. The van der Waals surface area contributed by atoms with Gasteiger partial charge in [-0.3, -0.25) is 4.79 Å². The van der Waals surface area contributed by atoms with Crippen molar-refractivity contribution in [2.45, 2.75) is 38.8 Å². The molecule has 1 aromatic rings. The standard InChI is InChI=1S/C19H22F3NO4/c1-3-8-26-9-10-27-18(25)17-12(2)23-16(24)11-14(17)13-6-4-5-7-15(13)19(20,21)22/h4-7,14H,3,8-11H2,1-2H3,(H,23,24)/t14-/m0/s1. The molecule has 0 saturated carbocycles. The van der Waals surface area contributed by atoms with Gasteiger partial charge in [-0.2, -0.15) is 13.2 Å². The zero-order valence-corrected chi connectivity index (χ0v) is 15.2. The van der Waals surface area contributed by atoms with Gasteiger partial charge < -0.3 is 14.8 Å². The molecule has 1 aliphatic rings. The number of halogens is 3. The van der Waals surface area contributed by atoms with Crippen LogP contribution in [0, 0.1) is 0 Å². The van der Waals surface area contributed by atoms with Crippen LogP contribution in [-0.2, 0) is 25.2 Å². The fraction of sp³-hybridized carbons (Fsp3) is 0.474. The molecule has 2 rings (SSSR count). The van der Waals surface area contributed by atoms with Gasteiger partial charge in [-0.05, 0) is 25.0 Å². The second-order valence-corrected chi connectivity index (χ2v) is 6.18. The summed E-state index contributed by atoms with van der Waals surface area (Å²) in [6.45, 7) is 4.12. The lowest BCUT2D eigenvalue weighted by molar-refractivity contribution is -0.142. The Bertz CT molecular complexity index is 728. The Morgan fingerprint density at radius 3 is 2.59 bits per heavy atom. The van der Waals surface area contributed by atoms with Crippen LogP contribution in [0.5, 0.6) is 0 Å². The lowest BCUT2D eigenvalue weighted by Gasteiger charge is -2.28. The number of benzene rings is 1. The summed E-state index contributed by atoms with van der Waals surface area (Å²) in [4.78, 5) is 24.4. The average molecular weight is 385 g/mol. The summed E-state index contributed by atoms with van der Waals surface area (Å²) in [5.74, 6) is -2.23. The molecule has 8 heteroatoms. The number of carbonyl (C=O) groups is 2. The molecular weight excluding hydrogens is 363 g/mol. The highest BCUT2D eigenvalue weighted by molar-refractivity contribution is 5.95. The molecule has 0 fully saturated rings. The number of rotatable bonds is 7. The zero-order chi connectivity index (χ0) is 20.0. The van der Waals surface area contributed by atoms with Crippen LogP contribution >= 0.6 is 0 Å². The van der Waals surface area contributed by atoms with Crippen LogP contribution in [0.25, 0.3) is 0 Å². The summed E-state index contributed by atoms with van der Waals surface area (Å²) in [6, 6.07) is 4.96. The third kappa shape index (κ3) is 5.32. The van der Waals surface area contributed by atoms with Gasteiger partial charge >= 0.3 is 12.1 Å². The predicted molar refractivity (Wildman–Crippen MR) is 91.7 cm³/mol. The first-order valence-electron chi connectivity index (χ1n) is 8.67. The molecule has 1 N–H and O–H groups in total. The van der Waals surface area contributed by atoms with E-state index in [1.54, 1.807) is 0 Å². The minimum Gasteiger partial charge on any atom is -0.460 e. The van der Waals surface area contributed by atoms with Gasteiger partial charge in [-0.1, -0.05) is 25.1 Å². The number of esters is 1. The maximum atomic E-state index is 13.4. The van der Waals surface area contributed by atoms with Gasteiger partial charge in [0.2, 0.25) is 5.91 Å². The zero-order valence-electron chi connectivity index (χ0n) is 15.2. The summed E-state index contributed by atoms with van der Waals surface area (Å²) in [5.41, 5.74) is -0.753. The summed E-state index contributed by atoms with van der Waals surface area (Å²) >= 11 is 0. The van der Waals surface area contributed by atoms with Crippen LogP contribution in [0.3, 0.4) is 0 Å². The van der Waals surface area contributed by atoms with Gasteiger partial charge in [0.15, 0.2) is 0 Å². The predicted octanol–water partition coefficient (Wildman–Crippen LogP) is 3.55. The second kappa shape index (κ2) is 9.03. The van der Waals surface area contributed by atoms with E-state index in [1.165, 1.54) is 25.1 Å². The Morgan fingerprint density at radius 2 is 1.93 bits per heavy atom. The molecule has 1 aliphatic heterocycles. The second-order valence-electron chi connectivity index (χ2n) is 6.18. The van der Waals surface area contributed by atoms with Crippen molar-refractivity contribution in [1.82, 2.24) is 5.32 Å². The van der Waals surface area contributed by atoms with Gasteiger partial charge in [0, 0.05) is 24.6 Å². The number of carbonyl (C=O) groups excluding carboxylic acids is 2. The molecule has 5 nitrogen and oxygen atoms in total. The van der Waals surface area contributed by atoms with E-state index in [9.17, 15) is 22.8 Å². The minimum absolute atomic E-state index is 0.0167. The first kappa shape index (κ1) is 21.0. The molecular formula is C19H22F3NO4. The molecule has 0 saturated heterocycles. The van der Waals surface area contributed by atoms with Gasteiger partial charge in [0.05, 0.1) is 17.7 Å². The Hall–Kier alpha value is -2.35. The van der Waals surface area contributed by atoms with Crippen LogP contribution < -0.4 is 5.32 Å². The monoisotopic (exact) mass is 385 g/mol.